The van der Waals surface area contributed by atoms with E-state index in [9.17, 15) is 19.4 Å². The molecular weight excluding hydrogens is 948 g/mol. The molecule has 9 heteroatoms. The van der Waals surface area contributed by atoms with Crippen molar-refractivity contribution in [3.05, 3.63) is 36.5 Å². The molecule has 0 rings (SSSR count). The SMILES string of the molecule is CCCCC/C=C/CC/C=C/CC/C=C/C(O)C(COP(=O)([O-])OCC[N+](C)(C)C)NC(=O)CCCCCCCCCCCCCCCCCCCCCCCCCCCCCCCCCCCCCCCCCC. The summed E-state index contributed by atoms with van der Waals surface area (Å²) in [6, 6.07) is -0.907. The van der Waals surface area contributed by atoms with Crippen molar-refractivity contribution in [3.8, 4) is 0 Å². The van der Waals surface area contributed by atoms with Gasteiger partial charge in [-0.2, -0.15) is 0 Å². The van der Waals surface area contributed by atoms with Crippen LogP contribution in [0, 0.1) is 0 Å². The normalized spacial score (nSPS) is 14.0. The van der Waals surface area contributed by atoms with Crippen molar-refractivity contribution >= 4 is 13.7 Å². The predicted molar refractivity (Wildman–Crippen MR) is 325 cm³/mol. The fraction of sp³-hybridized carbons (Fsp3) is 0.894. The van der Waals surface area contributed by atoms with Gasteiger partial charge < -0.3 is 28.8 Å². The van der Waals surface area contributed by atoms with Gasteiger partial charge in [0.1, 0.15) is 13.2 Å². The van der Waals surface area contributed by atoms with Crippen LogP contribution in [0.5, 0.6) is 0 Å². The van der Waals surface area contributed by atoms with Crippen molar-refractivity contribution in [2.45, 2.75) is 341 Å². The van der Waals surface area contributed by atoms with E-state index < -0.39 is 26.6 Å². The third-order valence-corrected chi connectivity index (χ3v) is 16.0. The lowest BCUT2D eigenvalue weighted by Gasteiger charge is -2.29. The molecule has 0 spiro atoms. The van der Waals surface area contributed by atoms with E-state index in [0.717, 1.165) is 51.4 Å². The van der Waals surface area contributed by atoms with Crippen LogP contribution >= 0.6 is 7.82 Å². The average molecular weight is 1080 g/mol. The number of quaternary nitrogens is 1. The fourth-order valence-corrected chi connectivity index (χ4v) is 10.7. The minimum absolute atomic E-state index is 0.00762. The van der Waals surface area contributed by atoms with Gasteiger partial charge in [-0.1, -0.05) is 314 Å². The zero-order valence-electron chi connectivity index (χ0n) is 50.8. The van der Waals surface area contributed by atoms with E-state index in [4.69, 9.17) is 9.05 Å². The zero-order chi connectivity index (χ0) is 54.9. The smallest absolute Gasteiger partial charge is 0.268 e. The molecule has 0 aliphatic carbocycles. The summed E-state index contributed by atoms with van der Waals surface area (Å²) in [4.78, 5) is 25.5. The maximum absolute atomic E-state index is 13.0. The molecule has 75 heavy (non-hydrogen) atoms. The molecular formula is C66H129N2O6P. The highest BCUT2D eigenvalue weighted by atomic mass is 31.2. The van der Waals surface area contributed by atoms with Gasteiger partial charge in [-0.05, 0) is 44.9 Å². The van der Waals surface area contributed by atoms with Crippen LogP contribution in [0.15, 0.2) is 36.5 Å². The Morgan fingerprint density at radius 1 is 0.453 bits per heavy atom. The summed E-state index contributed by atoms with van der Waals surface area (Å²) in [6.07, 6.45) is 75.8. The number of rotatable bonds is 61. The fourth-order valence-electron chi connectivity index (χ4n) is 9.95. The molecule has 0 aliphatic heterocycles. The molecule has 3 atom stereocenters. The molecule has 0 saturated heterocycles. The average Bonchev–Trinajstić information content (AvgIpc) is 3.37. The van der Waals surface area contributed by atoms with E-state index in [1.54, 1.807) is 6.08 Å². The Bertz CT molecular complexity index is 1320. The Hall–Kier alpha value is -1.28. The summed E-state index contributed by atoms with van der Waals surface area (Å²) in [7, 11) is 1.24. The number of phosphoric acid groups is 1. The summed E-state index contributed by atoms with van der Waals surface area (Å²) >= 11 is 0. The number of aliphatic hydroxyl groups excluding tert-OH is 1. The molecule has 0 aromatic carbocycles. The van der Waals surface area contributed by atoms with Crippen LogP contribution < -0.4 is 10.2 Å². The van der Waals surface area contributed by atoms with E-state index >= 15 is 0 Å². The third-order valence-electron chi connectivity index (χ3n) is 15.1. The summed E-state index contributed by atoms with van der Waals surface area (Å²) < 4.78 is 23.3. The predicted octanol–water partition coefficient (Wildman–Crippen LogP) is 19.9. The van der Waals surface area contributed by atoms with Crippen molar-refractivity contribution in [1.29, 1.82) is 0 Å². The van der Waals surface area contributed by atoms with Gasteiger partial charge >= 0.3 is 0 Å². The summed E-state index contributed by atoms with van der Waals surface area (Å²) in [5.74, 6) is -0.207. The van der Waals surface area contributed by atoms with Gasteiger partial charge in [0.25, 0.3) is 7.82 Å². The highest BCUT2D eigenvalue weighted by Gasteiger charge is 2.23. The molecule has 0 aromatic rings. The topological polar surface area (TPSA) is 108 Å². The van der Waals surface area contributed by atoms with Crippen LogP contribution in [0.1, 0.15) is 328 Å². The molecule has 3 unspecified atom stereocenters. The number of nitrogens with one attached hydrogen (secondary N) is 1. The van der Waals surface area contributed by atoms with E-state index in [2.05, 4.69) is 43.5 Å². The van der Waals surface area contributed by atoms with Gasteiger partial charge in [-0.3, -0.25) is 9.36 Å². The number of hydrogen-bond acceptors (Lipinski definition) is 6. The second-order valence-electron chi connectivity index (χ2n) is 23.8. The summed E-state index contributed by atoms with van der Waals surface area (Å²) in [5.41, 5.74) is 0. The lowest BCUT2D eigenvalue weighted by molar-refractivity contribution is -0.870. The largest absolute Gasteiger partial charge is 0.756 e. The summed E-state index contributed by atoms with van der Waals surface area (Å²) in [5, 5.41) is 13.8. The Morgan fingerprint density at radius 2 is 0.747 bits per heavy atom. The molecule has 1 amide bonds. The number of unbranched alkanes of at least 4 members (excludes halogenated alkanes) is 44. The number of carbonyl (C=O) groups is 1. The second kappa shape index (κ2) is 57.4. The third kappa shape index (κ3) is 60.2. The molecule has 0 bridgehead atoms. The number of aliphatic hydroxyl groups is 1. The lowest BCUT2D eigenvalue weighted by Crippen LogP contribution is -2.45. The van der Waals surface area contributed by atoms with Crippen LogP contribution in [0.2, 0.25) is 0 Å². The lowest BCUT2D eigenvalue weighted by atomic mass is 10.0. The van der Waals surface area contributed by atoms with Crippen LogP contribution in [0.4, 0.5) is 0 Å². The van der Waals surface area contributed by atoms with Gasteiger partial charge in [0, 0.05) is 6.42 Å². The number of amides is 1. The standard InChI is InChI=1S/C66H129N2O6P/c1-6-8-10-12-14-16-18-20-21-22-23-24-25-26-27-28-29-30-31-32-33-34-35-36-37-38-39-40-41-42-43-44-45-46-48-50-52-54-56-58-60-66(70)67-64(63-74-75(71,72)73-62-61-68(3,4)5)65(69)59-57-55-53-51-49-47-19-17-15-13-11-9-7-2/h15,17,49,51,57,59,64-65,69H,6-14,16,18-48,50,52-56,58,60-63H2,1-5H3,(H-,67,70,71,72)/b17-15+,51-49+,59-57+. The second-order valence-corrected chi connectivity index (χ2v) is 25.2. The van der Waals surface area contributed by atoms with Crippen LogP contribution in [0.3, 0.4) is 0 Å². The van der Waals surface area contributed by atoms with E-state index in [-0.39, 0.29) is 12.5 Å². The van der Waals surface area contributed by atoms with Gasteiger partial charge in [-0.15, -0.1) is 0 Å². The van der Waals surface area contributed by atoms with Crippen molar-refractivity contribution < 1.29 is 32.9 Å². The molecule has 0 aliphatic rings. The Kier molecular flexibility index (Phi) is 56.4. The maximum atomic E-state index is 13.0. The first-order valence-electron chi connectivity index (χ1n) is 32.9. The number of likely N-dealkylation sites (N-methyl/N-ethyl adjacent to an activating group) is 1. The zero-order valence-corrected chi connectivity index (χ0v) is 51.7. The van der Waals surface area contributed by atoms with Crippen LogP contribution in [0.25, 0.3) is 0 Å². The van der Waals surface area contributed by atoms with Crippen LogP contribution in [-0.4, -0.2) is 68.5 Å². The maximum Gasteiger partial charge on any atom is 0.268 e. The van der Waals surface area contributed by atoms with E-state index in [0.29, 0.717) is 17.4 Å². The molecule has 0 saturated carbocycles. The van der Waals surface area contributed by atoms with E-state index in [1.165, 1.54) is 257 Å². The minimum atomic E-state index is -4.60. The Morgan fingerprint density at radius 3 is 1.08 bits per heavy atom. The van der Waals surface area contributed by atoms with E-state index in [1.807, 2.05) is 27.2 Å². The number of phosphoric ester groups is 1. The molecule has 0 radical (unpaired) electrons. The van der Waals surface area contributed by atoms with Gasteiger partial charge in [0.15, 0.2) is 0 Å². The molecule has 444 valence electrons. The number of hydrogen-bond donors (Lipinski definition) is 2. The highest BCUT2D eigenvalue weighted by Crippen LogP contribution is 2.38. The minimum Gasteiger partial charge on any atom is -0.756 e. The first-order chi connectivity index (χ1) is 36.5. The van der Waals surface area contributed by atoms with Gasteiger partial charge in [0.05, 0.1) is 39.9 Å². The molecule has 0 aromatic heterocycles. The number of nitrogens with zero attached hydrogens (tertiary/aromatic N) is 1. The number of carbonyl (C=O) groups excluding carboxylic acids is 1. The van der Waals surface area contributed by atoms with Crippen molar-refractivity contribution in [1.82, 2.24) is 5.32 Å². The monoisotopic (exact) mass is 1080 g/mol. The Labute approximate surface area is 467 Å². The van der Waals surface area contributed by atoms with Crippen molar-refractivity contribution in [2.75, 3.05) is 40.9 Å². The first kappa shape index (κ1) is 73.7. The van der Waals surface area contributed by atoms with Crippen molar-refractivity contribution in [3.63, 3.8) is 0 Å². The number of allylic oxidation sites excluding steroid dienone is 5. The van der Waals surface area contributed by atoms with Crippen molar-refractivity contribution in [2.24, 2.45) is 0 Å². The molecule has 0 heterocycles. The molecule has 2 N–H and O–H groups in total. The molecule has 0 fully saturated rings. The van der Waals surface area contributed by atoms with Crippen LogP contribution in [-0.2, 0) is 18.4 Å². The Balaban J connectivity index is 3.83. The quantitative estimate of drug-likeness (QED) is 0.0272. The highest BCUT2D eigenvalue weighted by molar-refractivity contribution is 7.45. The van der Waals surface area contributed by atoms with Gasteiger partial charge in [0.2, 0.25) is 5.91 Å². The summed E-state index contributed by atoms with van der Waals surface area (Å²) in [6.45, 7) is 4.62. The molecule has 8 nitrogen and oxygen atoms in total. The van der Waals surface area contributed by atoms with Gasteiger partial charge in [-0.25, -0.2) is 0 Å². The first-order valence-corrected chi connectivity index (χ1v) is 34.3.